The van der Waals surface area contributed by atoms with Crippen molar-refractivity contribution in [3.63, 3.8) is 0 Å². The molecule has 0 N–H and O–H groups in total. The molecule has 18 heavy (non-hydrogen) atoms. The Balaban J connectivity index is 2.15. The predicted molar refractivity (Wildman–Crippen MR) is 66.2 cm³/mol. The first-order valence-electron chi connectivity index (χ1n) is 5.65. The minimum Gasteiger partial charge on any atom is -0.371 e. The van der Waals surface area contributed by atoms with E-state index in [0.29, 0.717) is 23.7 Å². The average molecular weight is 246 g/mol. The molecule has 0 unspecified atom stereocenters. The summed E-state index contributed by atoms with van der Waals surface area (Å²) in [5.74, 6) is 1.79. The average Bonchev–Trinajstić information content (AvgIpc) is 2.87. The number of hydroxylamine groups is 1. The quantitative estimate of drug-likeness (QED) is 0.601. The van der Waals surface area contributed by atoms with Crippen LogP contribution in [0.5, 0.6) is 5.75 Å². The van der Waals surface area contributed by atoms with E-state index in [1.165, 1.54) is 0 Å². The number of benzene rings is 1. The molecule has 1 heterocycles. The number of rotatable bonds is 5. The molecule has 2 aromatic rings. The molecule has 2 rings (SSSR count). The smallest absolute Gasteiger partial charge is 0.249 e. The van der Waals surface area contributed by atoms with E-state index in [1.54, 1.807) is 18.2 Å². The van der Waals surface area contributed by atoms with Gasteiger partial charge < -0.3 is 9.36 Å². The van der Waals surface area contributed by atoms with Gasteiger partial charge in [-0.25, -0.2) is 0 Å². The fourth-order valence-electron chi connectivity index (χ4n) is 1.37. The van der Waals surface area contributed by atoms with E-state index in [1.807, 2.05) is 32.0 Å². The molecule has 0 aliphatic carbocycles. The third-order valence-corrected chi connectivity index (χ3v) is 2.35. The van der Waals surface area contributed by atoms with Gasteiger partial charge in [0.2, 0.25) is 12.2 Å². The number of anilines is 1. The summed E-state index contributed by atoms with van der Waals surface area (Å²) >= 11 is 0. The van der Waals surface area contributed by atoms with E-state index in [4.69, 9.17) is 9.36 Å². The Bertz CT molecular complexity index is 508. The summed E-state index contributed by atoms with van der Waals surface area (Å²) in [4.78, 5) is 16.4. The molecular formula is C13H14N2O3. The zero-order valence-electron chi connectivity index (χ0n) is 10.2. The fourth-order valence-corrected chi connectivity index (χ4v) is 1.37. The molecule has 0 aliphatic rings. The van der Waals surface area contributed by atoms with Crippen LogP contribution in [-0.4, -0.2) is 11.6 Å². The zero-order valence-corrected chi connectivity index (χ0v) is 10.2. The van der Waals surface area contributed by atoms with Crippen LogP contribution >= 0.6 is 0 Å². The Morgan fingerprint density at radius 1 is 1.33 bits per heavy atom. The molecule has 0 radical (unpaired) electrons. The molecule has 94 valence electrons. The van der Waals surface area contributed by atoms with Crippen molar-refractivity contribution >= 4 is 12.2 Å². The Morgan fingerprint density at radius 3 is 2.61 bits per heavy atom. The van der Waals surface area contributed by atoms with Gasteiger partial charge in [-0.05, 0) is 12.1 Å². The highest BCUT2D eigenvalue weighted by Crippen LogP contribution is 2.21. The van der Waals surface area contributed by atoms with Gasteiger partial charge >= 0.3 is 0 Å². The molecule has 5 heteroatoms. The van der Waals surface area contributed by atoms with Gasteiger partial charge in [-0.15, -0.1) is 5.06 Å². The van der Waals surface area contributed by atoms with Gasteiger partial charge in [-0.1, -0.05) is 37.2 Å². The zero-order chi connectivity index (χ0) is 13.0. The van der Waals surface area contributed by atoms with Gasteiger partial charge in [0, 0.05) is 12.0 Å². The predicted octanol–water partition coefficient (Wildman–Crippen LogP) is 2.75. The molecule has 0 saturated heterocycles. The van der Waals surface area contributed by atoms with Crippen molar-refractivity contribution < 1.29 is 14.2 Å². The lowest BCUT2D eigenvalue weighted by Gasteiger charge is -2.13. The van der Waals surface area contributed by atoms with Crippen LogP contribution in [0, 0.1) is 0 Å². The lowest BCUT2D eigenvalue weighted by Crippen LogP contribution is -2.25. The van der Waals surface area contributed by atoms with Gasteiger partial charge in [-0.2, -0.15) is 0 Å². The van der Waals surface area contributed by atoms with Crippen LogP contribution in [0.15, 0.2) is 40.9 Å². The molecule has 0 spiro atoms. The number of carbonyl (C=O) groups is 1. The summed E-state index contributed by atoms with van der Waals surface area (Å²) < 4.78 is 5.12. The second kappa shape index (κ2) is 5.35. The van der Waals surface area contributed by atoms with Gasteiger partial charge in [0.25, 0.3) is 0 Å². The normalized spacial score (nSPS) is 10.4. The van der Waals surface area contributed by atoms with E-state index < -0.39 is 0 Å². The maximum atomic E-state index is 11.0. The number of carbonyl (C=O) groups excluding carboxylic acids is 1. The summed E-state index contributed by atoms with van der Waals surface area (Å²) in [6, 6.07) is 10.7. The molecule has 0 bridgehead atoms. The fraction of sp³-hybridized carbons (Fsp3) is 0.231. The maximum absolute atomic E-state index is 11.0. The monoisotopic (exact) mass is 246 g/mol. The van der Waals surface area contributed by atoms with Crippen LogP contribution in [-0.2, 0) is 4.79 Å². The number of para-hydroxylation sites is 1. The van der Waals surface area contributed by atoms with E-state index >= 15 is 0 Å². The Hall–Kier alpha value is -2.30. The molecule has 0 atom stereocenters. The first-order valence-corrected chi connectivity index (χ1v) is 5.65. The SMILES string of the molecule is CC(C)c1cc(N(C=O)Oc2ccccc2)no1. The van der Waals surface area contributed by atoms with Gasteiger partial charge in [0.05, 0.1) is 0 Å². The molecule has 0 saturated carbocycles. The van der Waals surface area contributed by atoms with Crippen molar-refractivity contribution in [1.29, 1.82) is 0 Å². The minimum atomic E-state index is 0.205. The van der Waals surface area contributed by atoms with E-state index in [-0.39, 0.29) is 5.92 Å². The van der Waals surface area contributed by atoms with Crippen LogP contribution in [0.25, 0.3) is 0 Å². The highest BCUT2D eigenvalue weighted by atomic mass is 16.7. The lowest BCUT2D eigenvalue weighted by atomic mass is 10.2. The molecular weight excluding hydrogens is 232 g/mol. The van der Waals surface area contributed by atoms with Crippen LogP contribution < -0.4 is 9.90 Å². The molecule has 1 aromatic carbocycles. The van der Waals surface area contributed by atoms with E-state index in [2.05, 4.69) is 5.16 Å². The Kier molecular flexibility index (Phi) is 3.62. The number of hydrogen-bond donors (Lipinski definition) is 0. The van der Waals surface area contributed by atoms with Crippen molar-refractivity contribution in [3.05, 3.63) is 42.2 Å². The van der Waals surface area contributed by atoms with Crippen molar-refractivity contribution in [2.24, 2.45) is 0 Å². The molecule has 1 aromatic heterocycles. The summed E-state index contributed by atoms with van der Waals surface area (Å²) in [6.07, 6.45) is 0.551. The summed E-state index contributed by atoms with van der Waals surface area (Å²) in [6.45, 7) is 3.96. The van der Waals surface area contributed by atoms with Gasteiger partial charge in [0.15, 0.2) is 5.75 Å². The van der Waals surface area contributed by atoms with Crippen molar-refractivity contribution in [2.75, 3.05) is 5.06 Å². The number of amides is 1. The summed E-state index contributed by atoms with van der Waals surface area (Å²) in [5.41, 5.74) is 0. The van der Waals surface area contributed by atoms with Crippen molar-refractivity contribution in [2.45, 2.75) is 19.8 Å². The topological polar surface area (TPSA) is 55.6 Å². The van der Waals surface area contributed by atoms with Crippen molar-refractivity contribution in [3.8, 4) is 5.75 Å². The second-order valence-corrected chi connectivity index (χ2v) is 4.08. The molecule has 1 amide bonds. The highest BCUT2D eigenvalue weighted by molar-refractivity contribution is 5.70. The van der Waals surface area contributed by atoms with Crippen LogP contribution in [0.2, 0.25) is 0 Å². The van der Waals surface area contributed by atoms with Crippen LogP contribution in [0.4, 0.5) is 5.82 Å². The molecule has 5 nitrogen and oxygen atoms in total. The third kappa shape index (κ3) is 2.68. The standard InChI is InChI=1S/C13H14N2O3/c1-10(2)12-8-13(14-17-12)15(9-16)18-11-6-4-3-5-7-11/h3-10H,1-2H3. The largest absolute Gasteiger partial charge is 0.371 e. The van der Waals surface area contributed by atoms with Crippen LogP contribution in [0.1, 0.15) is 25.5 Å². The Labute approximate surface area is 105 Å². The Morgan fingerprint density at radius 2 is 2.06 bits per heavy atom. The van der Waals surface area contributed by atoms with Crippen LogP contribution in [0.3, 0.4) is 0 Å². The lowest BCUT2D eigenvalue weighted by molar-refractivity contribution is -0.111. The highest BCUT2D eigenvalue weighted by Gasteiger charge is 2.15. The van der Waals surface area contributed by atoms with E-state index in [0.717, 1.165) is 5.06 Å². The van der Waals surface area contributed by atoms with E-state index in [9.17, 15) is 4.79 Å². The minimum absolute atomic E-state index is 0.205. The maximum Gasteiger partial charge on any atom is 0.249 e. The van der Waals surface area contributed by atoms with Crippen molar-refractivity contribution in [1.82, 2.24) is 5.16 Å². The number of hydrogen-bond acceptors (Lipinski definition) is 4. The first-order chi connectivity index (χ1) is 8.70. The third-order valence-electron chi connectivity index (χ3n) is 2.35. The molecule has 0 fully saturated rings. The number of nitrogens with zero attached hydrogens (tertiary/aromatic N) is 2. The second-order valence-electron chi connectivity index (χ2n) is 4.08. The first kappa shape index (κ1) is 12.2. The number of aromatic nitrogens is 1. The van der Waals surface area contributed by atoms with Gasteiger partial charge in [0.1, 0.15) is 5.76 Å². The molecule has 0 aliphatic heterocycles. The summed E-state index contributed by atoms with van der Waals surface area (Å²) in [7, 11) is 0. The summed E-state index contributed by atoms with van der Waals surface area (Å²) in [5, 5.41) is 4.83. The van der Waals surface area contributed by atoms with Gasteiger partial charge in [-0.3, -0.25) is 4.79 Å².